The Morgan fingerprint density at radius 1 is 1.36 bits per heavy atom. The SMILES string of the molecule is FCS.O=S(=O)(O)C(F)(F)F. The summed E-state index contributed by atoms with van der Waals surface area (Å²) in [4.78, 5) is 0. The number of thiol groups is 1. The molecule has 0 bridgehead atoms. The molecule has 0 saturated heterocycles. The fourth-order valence-electron chi connectivity index (χ4n) is 0. The molecule has 11 heavy (non-hydrogen) atoms. The number of hydrogen-bond acceptors (Lipinski definition) is 3. The highest BCUT2D eigenvalue weighted by molar-refractivity contribution is 7.86. The maximum atomic E-state index is 10.7. The summed E-state index contributed by atoms with van der Waals surface area (Å²) >= 11 is 3.12. The van der Waals surface area contributed by atoms with Gasteiger partial charge in [0.15, 0.2) is 0 Å². The minimum atomic E-state index is -5.84. The third-order valence-electron chi connectivity index (χ3n) is 0.292. The Morgan fingerprint density at radius 3 is 1.45 bits per heavy atom. The summed E-state index contributed by atoms with van der Waals surface area (Å²) in [6, 6.07) is -0.556. The second-order valence-corrected chi connectivity index (χ2v) is 2.69. The molecule has 1 N–H and O–H groups in total. The van der Waals surface area contributed by atoms with Crippen LogP contribution in [0, 0.1) is 0 Å². The van der Waals surface area contributed by atoms with Gasteiger partial charge in [-0.2, -0.15) is 21.6 Å². The molecule has 0 fully saturated rings. The molecule has 0 saturated carbocycles. The van der Waals surface area contributed by atoms with E-state index in [0.717, 1.165) is 0 Å². The van der Waals surface area contributed by atoms with E-state index >= 15 is 0 Å². The van der Waals surface area contributed by atoms with E-state index in [9.17, 15) is 17.6 Å². The van der Waals surface area contributed by atoms with E-state index in [1.807, 2.05) is 0 Å². The lowest BCUT2D eigenvalue weighted by Crippen LogP contribution is -2.21. The molecule has 3 nitrogen and oxygen atoms in total. The van der Waals surface area contributed by atoms with E-state index in [1.54, 1.807) is 0 Å². The zero-order valence-corrected chi connectivity index (χ0v) is 6.55. The predicted molar refractivity (Wildman–Crippen MR) is 32.6 cm³/mol. The molecular formula is C2H4F4O3S2. The van der Waals surface area contributed by atoms with Crippen molar-refractivity contribution in [1.29, 1.82) is 0 Å². The third kappa shape index (κ3) is 7.88. The van der Waals surface area contributed by atoms with Crippen molar-refractivity contribution in [1.82, 2.24) is 0 Å². The summed E-state index contributed by atoms with van der Waals surface area (Å²) in [5.41, 5.74) is -5.53. The Labute approximate surface area is 65.6 Å². The average molecular weight is 216 g/mol. The van der Waals surface area contributed by atoms with Gasteiger partial charge >= 0.3 is 15.6 Å². The molecule has 9 heteroatoms. The summed E-state index contributed by atoms with van der Waals surface area (Å²) in [6.45, 7) is 0. The topological polar surface area (TPSA) is 54.4 Å². The first-order chi connectivity index (χ1) is 4.66. The van der Waals surface area contributed by atoms with Crippen molar-refractivity contribution in [3.8, 4) is 0 Å². The van der Waals surface area contributed by atoms with Gasteiger partial charge in [0.05, 0.1) is 0 Å². The molecule has 0 heterocycles. The minimum absolute atomic E-state index is 0.556. The van der Waals surface area contributed by atoms with E-state index in [2.05, 4.69) is 12.6 Å². The van der Waals surface area contributed by atoms with Gasteiger partial charge in [-0.05, 0) is 0 Å². The summed E-state index contributed by atoms with van der Waals surface area (Å²) < 4.78 is 67.7. The minimum Gasteiger partial charge on any atom is -0.279 e. The van der Waals surface area contributed by atoms with Crippen molar-refractivity contribution in [2.24, 2.45) is 0 Å². The van der Waals surface area contributed by atoms with Crippen molar-refractivity contribution in [3.63, 3.8) is 0 Å². The Morgan fingerprint density at radius 2 is 1.45 bits per heavy atom. The van der Waals surface area contributed by atoms with Crippen LogP contribution in [-0.2, 0) is 10.1 Å². The van der Waals surface area contributed by atoms with E-state index in [0.29, 0.717) is 0 Å². The number of alkyl halides is 4. The predicted octanol–water partition coefficient (Wildman–Crippen LogP) is 1.24. The first-order valence-corrected chi connectivity index (χ1v) is 3.94. The smallest absolute Gasteiger partial charge is 0.279 e. The standard InChI is InChI=1S/CHF3O3S.CH3FS/c2-1(3,4)8(5,6)7;2-1-3/h(H,5,6,7);3H,1H2. The van der Waals surface area contributed by atoms with Crippen LogP contribution in [0.25, 0.3) is 0 Å². The highest BCUT2D eigenvalue weighted by Crippen LogP contribution is 2.20. The van der Waals surface area contributed by atoms with Crippen molar-refractivity contribution >= 4 is 22.7 Å². The highest BCUT2D eigenvalue weighted by Gasteiger charge is 2.44. The lowest BCUT2D eigenvalue weighted by Gasteiger charge is -1.97. The lowest BCUT2D eigenvalue weighted by molar-refractivity contribution is -0.0510. The van der Waals surface area contributed by atoms with E-state index in [1.165, 1.54) is 0 Å². The molecule has 0 aromatic heterocycles. The van der Waals surface area contributed by atoms with Crippen molar-refractivity contribution in [2.45, 2.75) is 5.51 Å². The van der Waals surface area contributed by atoms with Crippen LogP contribution < -0.4 is 0 Å². The Hall–Kier alpha value is -0.0200. The fourth-order valence-corrected chi connectivity index (χ4v) is 0. The summed E-state index contributed by atoms with van der Waals surface area (Å²) in [5, 5.41) is 0. The maximum absolute atomic E-state index is 10.7. The Kier molecular flexibility index (Phi) is 5.89. The Balaban J connectivity index is 0. The zero-order valence-electron chi connectivity index (χ0n) is 4.84. The van der Waals surface area contributed by atoms with Crippen molar-refractivity contribution in [2.75, 3.05) is 6.01 Å². The summed E-state index contributed by atoms with van der Waals surface area (Å²) in [6.07, 6.45) is 0. The largest absolute Gasteiger partial charge is 0.522 e. The number of halogens is 4. The van der Waals surface area contributed by atoms with Gasteiger partial charge in [0, 0.05) is 0 Å². The lowest BCUT2D eigenvalue weighted by atomic mass is 11.6. The molecule has 0 aromatic carbocycles. The van der Waals surface area contributed by atoms with Crippen LogP contribution in [0.1, 0.15) is 0 Å². The molecule has 0 rings (SSSR count). The molecule has 0 radical (unpaired) electrons. The van der Waals surface area contributed by atoms with E-state index < -0.39 is 21.6 Å². The first kappa shape index (κ1) is 13.6. The van der Waals surface area contributed by atoms with Crippen LogP contribution in [0.3, 0.4) is 0 Å². The Bertz CT molecular complexity index is 182. The zero-order chi connectivity index (χ0) is 9.71. The normalized spacial score (nSPS) is 11.8. The van der Waals surface area contributed by atoms with Gasteiger partial charge in [0.25, 0.3) is 0 Å². The number of hydrogen-bond donors (Lipinski definition) is 2. The summed E-state index contributed by atoms with van der Waals surface area (Å²) in [7, 11) is -5.84. The van der Waals surface area contributed by atoms with Crippen LogP contribution >= 0.6 is 12.6 Å². The second kappa shape index (κ2) is 4.78. The highest BCUT2D eigenvalue weighted by atomic mass is 32.2. The van der Waals surface area contributed by atoms with Gasteiger partial charge in [-0.3, -0.25) is 4.55 Å². The second-order valence-electron chi connectivity index (χ2n) is 1.04. The molecule has 0 aliphatic carbocycles. The molecule has 0 amide bonds. The quantitative estimate of drug-likeness (QED) is 0.277. The molecule has 0 aliphatic heterocycles. The van der Waals surface area contributed by atoms with E-state index in [-0.39, 0.29) is 0 Å². The monoisotopic (exact) mass is 216 g/mol. The first-order valence-electron chi connectivity index (χ1n) is 1.87. The van der Waals surface area contributed by atoms with Crippen LogP contribution in [0.5, 0.6) is 0 Å². The summed E-state index contributed by atoms with van der Waals surface area (Å²) in [5.74, 6) is 0. The van der Waals surface area contributed by atoms with Gasteiger partial charge in [0.2, 0.25) is 0 Å². The van der Waals surface area contributed by atoms with Gasteiger partial charge in [0.1, 0.15) is 6.01 Å². The number of rotatable bonds is 0. The van der Waals surface area contributed by atoms with Crippen molar-refractivity contribution in [3.05, 3.63) is 0 Å². The molecular weight excluding hydrogens is 212 g/mol. The molecule has 70 valence electrons. The molecule has 0 aliphatic rings. The molecule has 0 spiro atoms. The van der Waals surface area contributed by atoms with Gasteiger partial charge in [-0.15, -0.1) is 12.6 Å². The fraction of sp³-hybridized carbons (Fsp3) is 1.00. The third-order valence-corrected chi connectivity index (χ3v) is 0.877. The van der Waals surface area contributed by atoms with Crippen LogP contribution in [0.4, 0.5) is 17.6 Å². The average Bonchev–Trinajstić information content (AvgIpc) is 1.60. The molecule has 0 unspecified atom stereocenters. The van der Waals surface area contributed by atoms with Gasteiger partial charge < -0.3 is 0 Å². The van der Waals surface area contributed by atoms with Crippen LogP contribution in [0.15, 0.2) is 0 Å². The van der Waals surface area contributed by atoms with Crippen LogP contribution in [-0.4, -0.2) is 24.5 Å². The van der Waals surface area contributed by atoms with Crippen molar-refractivity contribution < 1.29 is 30.5 Å². The maximum Gasteiger partial charge on any atom is 0.522 e. The molecule has 0 aromatic rings. The van der Waals surface area contributed by atoms with Gasteiger partial charge in [-0.25, -0.2) is 4.39 Å². The molecule has 0 atom stereocenters. The van der Waals surface area contributed by atoms with Gasteiger partial charge in [-0.1, -0.05) is 0 Å². The van der Waals surface area contributed by atoms with Crippen LogP contribution in [0.2, 0.25) is 0 Å². The van der Waals surface area contributed by atoms with E-state index in [4.69, 9.17) is 13.0 Å².